The van der Waals surface area contributed by atoms with Gasteiger partial charge in [-0.2, -0.15) is 0 Å². The molecule has 0 aliphatic heterocycles. The fraction of sp³-hybridized carbons (Fsp3) is 0. The maximum atomic E-state index is 5.87. The van der Waals surface area contributed by atoms with Crippen LogP contribution in [0.1, 0.15) is 0 Å². The van der Waals surface area contributed by atoms with Crippen molar-refractivity contribution >= 4 is 46.3 Å². The fourth-order valence-corrected chi connectivity index (χ4v) is 10.1. The van der Waals surface area contributed by atoms with E-state index in [0.29, 0.717) is 0 Å². The molecule has 0 rings (SSSR count). The molecule has 0 N–H and O–H groups in total. The van der Waals surface area contributed by atoms with Gasteiger partial charge in [0, 0.05) is 0 Å². The Morgan fingerprint density at radius 3 is 1.09 bits per heavy atom. The molecule has 0 aromatic heterocycles. The van der Waals surface area contributed by atoms with E-state index in [1.54, 1.807) is 17.1 Å². The lowest BCUT2D eigenvalue weighted by Crippen LogP contribution is -2.48. The second-order valence-electron chi connectivity index (χ2n) is 2.04. The molecule has 0 unspecified atom stereocenters. The quantitative estimate of drug-likeness (QED) is 0.525. The van der Waals surface area contributed by atoms with Crippen LogP contribution in [0.2, 0.25) is 0 Å². The number of hydrogen-bond acceptors (Lipinski definition) is 0. The van der Waals surface area contributed by atoms with Gasteiger partial charge < -0.3 is 0 Å². The summed E-state index contributed by atoms with van der Waals surface area (Å²) in [5.41, 5.74) is 2.37. The largest absolute Gasteiger partial charge is 0.337 e. The highest BCUT2D eigenvalue weighted by Crippen LogP contribution is 2.33. The van der Waals surface area contributed by atoms with E-state index in [2.05, 4.69) is 19.7 Å². The number of rotatable bonds is 4. The minimum Gasteiger partial charge on any atom is -0.128 e. The molecule has 0 atom stereocenters. The van der Waals surface area contributed by atoms with Crippen molar-refractivity contribution in [2.45, 2.75) is 0 Å². The van der Waals surface area contributed by atoms with Gasteiger partial charge in [0.1, 0.15) is 0 Å². The molecule has 0 heterocycles. The minimum atomic E-state index is -2.74. The Labute approximate surface area is 83.1 Å². The first kappa shape index (κ1) is 11.5. The van der Waals surface area contributed by atoms with Gasteiger partial charge in [0.05, 0.1) is 0 Å². The molecule has 0 nitrogen and oxygen atoms in total. The van der Waals surface area contributed by atoms with Crippen LogP contribution < -0.4 is 0 Å². The summed E-state index contributed by atoms with van der Waals surface area (Å²) in [6.45, 7) is 10.9. The third-order valence-corrected chi connectivity index (χ3v) is 18.1. The Morgan fingerprint density at radius 1 is 0.818 bits per heavy atom. The molecule has 0 radical (unpaired) electrons. The third-order valence-electron chi connectivity index (χ3n) is 1.50. The van der Waals surface area contributed by atoms with Crippen molar-refractivity contribution in [3.8, 4) is 0 Å². The van der Waals surface area contributed by atoms with Crippen LogP contribution in [0.15, 0.2) is 36.8 Å². The van der Waals surface area contributed by atoms with Crippen LogP contribution in [0, 0.1) is 0 Å². The van der Waals surface area contributed by atoms with Gasteiger partial charge in [-0.25, -0.2) is 0 Å². The predicted molar refractivity (Wildman–Crippen MR) is 59.7 cm³/mol. The first-order chi connectivity index (χ1) is 4.93. The van der Waals surface area contributed by atoms with E-state index >= 15 is 0 Å². The maximum absolute atomic E-state index is 5.87. The van der Waals surface area contributed by atoms with Gasteiger partial charge in [-0.05, 0) is 0 Å². The second-order valence-corrected chi connectivity index (χ2v) is 20.7. The summed E-state index contributed by atoms with van der Waals surface area (Å²) < 4.78 is 0. The summed E-state index contributed by atoms with van der Waals surface area (Å²) in [5.74, 6) is 0. The molecule has 0 aliphatic rings. The van der Waals surface area contributed by atoms with Crippen molar-refractivity contribution in [1.82, 2.24) is 0 Å². The Morgan fingerprint density at radius 2 is 1.09 bits per heavy atom. The van der Waals surface area contributed by atoms with Crippen molar-refractivity contribution in [3.63, 3.8) is 0 Å². The number of hydrogen-bond donors (Lipinski definition) is 0. The zero-order valence-electron chi connectivity index (χ0n) is 5.99. The average molecular weight is 244 g/mol. The van der Waals surface area contributed by atoms with E-state index in [9.17, 15) is 0 Å². The molecule has 62 valence electrons. The Balaban J connectivity index is 4.99. The Kier molecular flexibility index (Phi) is 4.15. The van der Waals surface area contributed by atoms with Crippen LogP contribution in [-0.2, 0) is 0 Å². The van der Waals surface area contributed by atoms with Gasteiger partial charge in [0.2, 0.25) is 0 Å². The van der Waals surface area contributed by atoms with Crippen LogP contribution in [0.3, 0.4) is 0 Å². The van der Waals surface area contributed by atoms with Gasteiger partial charge in [-0.15, -0.1) is 53.0 Å². The lowest BCUT2D eigenvalue weighted by molar-refractivity contribution is 2.20. The highest BCUT2D eigenvalue weighted by Gasteiger charge is 2.47. The zero-order valence-corrected chi connectivity index (χ0v) is 10.3. The molecule has 5 heteroatoms. The van der Waals surface area contributed by atoms with Gasteiger partial charge in [0.15, 0.2) is 7.59 Å². The number of halogens is 3. The van der Waals surface area contributed by atoms with Gasteiger partial charge in [-0.1, -0.05) is 17.1 Å². The van der Waals surface area contributed by atoms with Gasteiger partial charge in [0.25, 0.3) is 0 Å². The molecule has 11 heavy (non-hydrogen) atoms. The summed E-state index contributed by atoms with van der Waals surface area (Å²) in [6.07, 6.45) is 0. The Hall–Kier alpha value is 0.524. The molecule has 0 spiro atoms. The SMILES string of the molecule is C=C[Si](C=C)(C=C)[Si](Cl)(Cl)Cl. The summed E-state index contributed by atoms with van der Waals surface area (Å²) in [7, 11) is -2.19. The summed E-state index contributed by atoms with van der Waals surface area (Å²) in [6, 6.07) is 0. The van der Waals surface area contributed by atoms with Crippen molar-refractivity contribution < 1.29 is 0 Å². The van der Waals surface area contributed by atoms with Crippen molar-refractivity contribution in [2.24, 2.45) is 0 Å². The molecule has 0 aromatic rings. The van der Waals surface area contributed by atoms with Crippen LogP contribution >= 0.6 is 33.2 Å². The topological polar surface area (TPSA) is 0 Å². The zero-order chi connectivity index (χ0) is 9.12. The summed E-state index contributed by atoms with van der Waals surface area (Å²) in [4.78, 5) is 0. The smallest absolute Gasteiger partial charge is 0.128 e. The van der Waals surface area contributed by atoms with E-state index in [-0.39, 0.29) is 0 Å². The van der Waals surface area contributed by atoms with Crippen LogP contribution in [0.25, 0.3) is 0 Å². The van der Waals surface area contributed by atoms with Gasteiger partial charge >= 0.3 is 5.52 Å². The molecular formula is C6H9Cl3Si2. The highest BCUT2D eigenvalue weighted by atomic mass is 35.8. The fourth-order valence-electron chi connectivity index (χ4n) is 0.597. The van der Waals surface area contributed by atoms with Crippen molar-refractivity contribution in [3.05, 3.63) is 36.8 Å². The normalized spacial score (nSPS) is 12.3. The van der Waals surface area contributed by atoms with Crippen molar-refractivity contribution in [1.29, 1.82) is 0 Å². The van der Waals surface area contributed by atoms with E-state index in [0.717, 1.165) is 0 Å². The molecule has 0 saturated heterocycles. The van der Waals surface area contributed by atoms with E-state index in [4.69, 9.17) is 33.2 Å². The van der Waals surface area contributed by atoms with Gasteiger partial charge in [-0.3, -0.25) is 0 Å². The summed E-state index contributed by atoms with van der Waals surface area (Å²) in [5, 5.41) is 0. The second kappa shape index (κ2) is 3.96. The van der Waals surface area contributed by atoms with E-state index < -0.39 is 13.1 Å². The van der Waals surface area contributed by atoms with E-state index in [1.807, 2.05) is 0 Å². The summed E-state index contributed by atoms with van der Waals surface area (Å²) >= 11 is 17.6. The molecule has 0 bridgehead atoms. The maximum Gasteiger partial charge on any atom is 0.337 e. The lowest BCUT2D eigenvalue weighted by Gasteiger charge is -2.25. The monoisotopic (exact) mass is 242 g/mol. The predicted octanol–water partition coefficient (Wildman–Crippen LogP) is 3.34. The van der Waals surface area contributed by atoms with Crippen LogP contribution in [0.5, 0.6) is 0 Å². The molecular weight excluding hydrogens is 235 g/mol. The molecule has 0 aliphatic carbocycles. The molecule has 0 fully saturated rings. The molecule has 0 aromatic carbocycles. The third kappa shape index (κ3) is 2.23. The molecule has 0 amide bonds. The first-order valence-corrected chi connectivity index (χ1v) is 11.2. The average Bonchev–Trinajstić information content (AvgIpc) is 1.90. The highest BCUT2D eigenvalue weighted by molar-refractivity contribution is 7.91. The molecule has 0 saturated carbocycles. The van der Waals surface area contributed by atoms with Crippen LogP contribution in [-0.4, -0.2) is 13.1 Å². The van der Waals surface area contributed by atoms with E-state index in [1.165, 1.54) is 0 Å². The first-order valence-electron chi connectivity index (χ1n) is 2.91. The standard InChI is InChI=1S/C6H9Cl3Si2/c1-4-10(5-2,6-3)11(7,8)9/h4-6H,1-3H2. The minimum absolute atomic E-state index is 1.70. The van der Waals surface area contributed by atoms with Crippen LogP contribution in [0.4, 0.5) is 0 Å². The van der Waals surface area contributed by atoms with Crippen molar-refractivity contribution in [2.75, 3.05) is 0 Å². The lowest BCUT2D eigenvalue weighted by atomic mass is 11.2. The Bertz CT molecular complexity index is 161.